The molecule has 92 valence electrons. The molecule has 1 nitrogen and oxygen atoms in total. The van der Waals surface area contributed by atoms with E-state index in [0.29, 0.717) is 6.33 Å². The van der Waals surface area contributed by atoms with E-state index < -0.39 is 0 Å². The maximum atomic E-state index is 12.1. The van der Waals surface area contributed by atoms with Crippen molar-refractivity contribution in [3.8, 4) is 0 Å². The van der Waals surface area contributed by atoms with Gasteiger partial charge in [-0.3, -0.25) is 0 Å². The van der Waals surface area contributed by atoms with Gasteiger partial charge in [0.15, 0.2) is 0 Å². The Bertz CT molecular complexity index is 506. The molecule has 0 bridgehead atoms. The van der Waals surface area contributed by atoms with E-state index in [-0.39, 0.29) is 0 Å². The van der Waals surface area contributed by atoms with Crippen molar-refractivity contribution in [3.05, 3.63) is 77.6 Å². The molecule has 0 saturated carbocycles. The topological polar surface area (TPSA) is 12.0 Å². The van der Waals surface area contributed by atoms with E-state index in [1.807, 2.05) is 42.5 Å². The number of hydrogen-bond donors (Lipinski definition) is 1. The van der Waals surface area contributed by atoms with Gasteiger partial charge in [0.25, 0.3) is 0 Å². The molecule has 0 saturated heterocycles. The Morgan fingerprint density at radius 1 is 0.889 bits per heavy atom. The molecule has 0 aromatic heterocycles. The molecular formula is C16H16FN. The first kappa shape index (κ1) is 12.5. The average molecular weight is 241 g/mol. The number of nitrogens with one attached hydrogen (secondary N) is 1. The smallest absolute Gasteiger partial charge is 0.0872 e. The first-order valence-corrected chi connectivity index (χ1v) is 5.99. The summed E-state index contributed by atoms with van der Waals surface area (Å²) >= 11 is 0. The molecule has 18 heavy (non-hydrogen) atoms. The van der Waals surface area contributed by atoms with E-state index in [1.54, 1.807) is 0 Å². The van der Waals surface area contributed by atoms with Gasteiger partial charge in [0.2, 0.25) is 0 Å². The molecule has 2 rings (SSSR count). The van der Waals surface area contributed by atoms with Gasteiger partial charge < -0.3 is 5.32 Å². The normalized spacial score (nSPS) is 10.9. The van der Waals surface area contributed by atoms with Crippen LogP contribution in [0.5, 0.6) is 0 Å². The molecule has 0 aliphatic rings. The Kier molecular flexibility index (Phi) is 4.68. The van der Waals surface area contributed by atoms with Crippen LogP contribution in [0, 0.1) is 0 Å². The molecule has 0 fully saturated rings. The summed E-state index contributed by atoms with van der Waals surface area (Å²) in [7, 11) is 0. The predicted octanol–water partition coefficient (Wildman–Crippen LogP) is 3.92. The largest absolute Gasteiger partial charge is 0.309 e. The molecule has 0 radical (unpaired) electrons. The van der Waals surface area contributed by atoms with Crippen molar-refractivity contribution in [3.63, 3.8) is 0 Å². The van der Waals surface area contributed by atoms with Gasteiger partial charge in [0.05, 0.1) is 6.33 Å². The molecule has 0 unspecified atom stereocenters. The van der Waals surface area contributed by atoms with E-state index in [1.165, 1.54) is 11.6 Å². The molecule has 2 aromatic carbocycles. The molecule has 0 heterocycles. The minimum atomic E-state index is 0.566. The van der Waals surface area contributed by atoms with Crippen LogP contribution in [0.3, 0.4) is 0 Å². The zero-order chi connectivity index (χ0) is 12.6. The van der Waals surface area contributed by atoms with Crippen LogP contribution in [0.25, 0.3) is 6.08 Å². The Labute approximate surface area is 107 Å². The van der Waals surface area contributed by atoms with Gasteiger partial charge in [-0.1, -0.05) is 54.6 Å². The lowest BCUT2D eigenvalue weighted by molar-refractivity contribution is 0.693. The molecule has 0 aliphatic carbocycles. The fraction of sp³-hybridized carbons (Fsp3) is 0.125. The lowest BCUT2D eigenvalue weighted by Gasteiger charge is -2.05. The van der Waals surface area contributed by atoms with Crippen LogP contribution in [-0.4, -0.2) is 0 Å². The lowest BCUT2D eigenvalue weighted by Crippen LogP contribution is -2.12. The maximum absolute atomic E-state index is 12.1. The van der Waals surface area contributed by atoms with Crippen molar-refractivity contribution >= 4 is 6.08 Å². The highest BCUT2D eigenvalue weighted by Gasteiger charge is 1.95. The second-order valence-corrected chi connectivity index (χ2v) is 4.13. The maximum Gasteiger partial charge on any atom is 0.0872 e. The molecule has 1 N–H and O–H groups in total. The Balaban J connectivity index is 1.88. The van der Waals surface area contributed by atoms with Gasteiger partial charge in [0, 0.05) is 13.1 Å². The summed E-state index contributed by atoms with van der Waals surface area (Å²) in [5.41, 5.74) is 3.30. The summed E-state index contributed by atoms with van der Waals surface area (Å²) in [6.45, 7) is 1.62. The standard InChI is InChI=1S/C16H16FN/c17-10-9-14-7-4-8-16(11-14)13-18-12-15-5-2-1-3-6-15/h1-11,18H,12-13H2/b10-9-. The van der Waals surface area contributed by atoms with E-state index in [9.17, 15) is 4.39 Å². The summed E-state index contributed by atoms with van der Waals surface area (Å²) in [6, 6.07) is 18.1. The lowest BCUT2D eigenvalue weighted by atomic mass is 10.1. The SMILES string of the molecule is F/C=C\c1cccc(CNCc2ccccc2)c1. The first-order chi connectivity index (χ1) is 8.88. The summed E-state index contributed by atoms with van der Waals surface area (Å²) in [5, 5.41) is 3.37. The summed E-state index contributed by atoms with van der Waals surface area (Å²) < 4.78 is 12.1. The van der Waals surface area contributed by atoms with E-state index >= 15 is 0 Å². The molecule has 0 spiro atoms. The van der Waals surface area contributed by atoms with Crippen molar-refractivity contribution in [2.24, 2.45) is 0 Å². The Hall–Kier alpha value is -1.93. The zero-order valence-corrected chi connectivity index (χ0v) is 10.1. The van der Waals surface area contributed by atoms with E-state index in [2.05, 4.69) is 17.4 Å². The second-order valence-electron chi connectivity index (χ2n) is 4.13. The predicted molar refractivity (Wildman–Crippen MR) is 73.6 cm³/mol. The van der Waals surface area contributed by atoms with E-state index in [4.69, 9.17) is 0 Å². The van der Waals surface area contributed by atoms with Gasteiger partial charge in [-0.05, 0) is 22.8 Å². The average Bonchev–Trinajstić information content (AvgIpc) is 2.41. The van der Waals surface area contributed by atoms with Crippen LogP contribution in [0.2, 0.25) is 0 Å². The summed E-state index contributed by atoms with van der Waals surface area (Å²) in [4.78, 5) is 0. The highest BCUT2D eigenvalue weighted by molar-refractivity contribution is 5.49. The van der Waals surface area contributed by atoms with Crippen molar-refractivity contribution < 1.29 is 4.39 Å². The fourth-order valence-electron chi connectivity index (χ4n) is 1.83. The quantitative estimate of drug-likeness (QED) is 0.836. The van der Waals surface area contributed by atoms with Crippen LogP contribution in [0.1, 0.15) is 16.7 Å². The van der Waals surface area contributed by atoms with Crippen LogP contribution in [-0.2, 0) is 13.1 Å². The number of hydrogen-bond acceptors (Lipinski definition) is 1. The van der Waals surface area contributed by atoms with Gasteiger partial charge >= 0.3 is 0 Å². The van der Waals surface area contributed by atoms with Crippen LogP contribution < -0.4 is 5.32 Å². The first-order valence-electron chi connectivity index (χ1n) is 5.99. The van der Waals surface area contributed by atoms with Gasteiger partial charge in [0.1, 0.15) is 0 Å². The fourth-order valence-corrected chi connectivity index (χ4v) is 1.83. The summed E-state index contributed by atoms with van der Waals surface area (Å²) in [6.07, 6.45) is 2.03. The summed E-state index contributed by atoms with van der Waals surface area (Å²) in [5.74, 6) is 0. The molecule has 0 atom stereocenters. The number of benzene rings is 2. The van der Waals surface area contributed by atoms with Crippen LogP contribution >= 0.6 is 0 Å². The molecule has 2 aromatic rings. The minimum Gasteiger partial charge on any atom is -0.309 e. The molecule has 2 heteroatoms. The Morgan fingerprint density at radius 2 is 1.61 bits per heavy atom. The Morgan fingerprint density at radius 3 is 2.39 bits per heavy atom. The monoisotopic (exact) mass is 241 g/mol. The van der Waals surface area contributed by atoms with Crippen LogP contribution in [0.4, 0.5) is 4.39 Å². The molecule has 0 amide bonds. The van der Waals surface area contributed by atoms with Crippen molar-refractivity contribution in [1.82, 2.24) is 5.32 Å². The third-order valence-corrected chi connectivity index (χ3v) is 2.71. The van der Waals surface area contributed by atoms with Gasteiger partial charge in [-0.25, -0.2) is 4.39 Å². The highest BCUT2D eigenvalue weighted by Crippen LogP contribution is 2.07. The van der Waals surface area contributed by atoms with Crippen LogP contribution in [0.15, 0.2) is 60.9 Å². The number of rotatable bonds is 5. The third kappa shape index (κ3) is 3.82. The second kappa shape index (κ2) is 6.72. The van der Waals surface area contributed by atoms with Gasteiger partial charge in [-0.2, -0.15) is 0 Å². The van der Waals surface area contributed by atoms with Crippen molar-refractivity contribution in [2.45, 2.75) is 13.1 Å². The number of halogens is 1. The van der Waals surface area contributed by atoms with Gasteiger partial charge in [-0.15, -0.1) is 0 Å². The third-order valence-electron chi connectivity index (χ3n) is 2.71. The molecular weight excluding hydrogens is 225 g/mol. The minimum absolute atomic E-state index is 0.566. The molecule has 0 aliphatic heterocycles. The van der Waals surface area contributed by atoms with E-state index in [0.717, 1.165) is 24.2 Å². The zero-order valence-electron chi connectivity index (χ0n) is 10.1. The van der Waals surface area contributed by atoms with Crippen molar-refractivity contribution in [1.29, 1.82) is 0 Å². The van der Waals surface area contributed by atoms with Crippen molar-refractivity contribution in [2.75, 3.05) is 0 Å². The highest BCUT2D eigenvalue weighted by atomic mass is 19.1.